The van der Waals surface area contributed by atoms with E-state index < -0.39 is 11.5 Å². The summed E-state index contributed by atoms with van der Waals surface area (Å²) in [4.78, 5) is 11.4. The largest absolute Gasteiger partial charge is 0.480 e. The molecule has 0 spiro atoms. The lowest BCUT2D eigenvalue weighted by Gasteiger charge is -2.30. The molecule has 96 valence electrons. The van der Waals surface area contributed by atoms with E-state index in [1.54, 1.807) is 7.11 Å². The Morgan fingerprint density at radius 3 is 2.25 bits per heavy atom. The number of ether oxygens (including phenoxy) is 1. The lowest BCUT2D eigenvalue weighted by molar-refractivity contribution is -0.145. The van der Waals surface area contributed by atoms with Gasteiger partial charge in [0.15, 0.2) is 0 Å². The average molecular weight is 231 g/mol. The van der Waals surface area contributed by atoms with E-state index in [-0.39, 0.29) is 0 Å². The van der Waals surface area contributed by atoms with Crippen LogP contribution in [0.4, 0.5) is 0 Å². The van der Waals surface area contributed by atoms with Crippen LogP contribution in [0, 0.1) is 0 Å². The van der Waals surface area contributed by atoms with Crippen molar-refractivity contribution in [2.75, 3.05) is 20.3 Å². The first-order valence-corrected chi connectivity index (χ1v) is 6.10. The van der Waals surface area contributed by atoms with Crippen LogP contribution in [0.15, 0.2) is 0 Å². The first-order valence-electron chi connectivity index (χ1n) is 6.10. The van der Waals surface area contributed by atoms with Crippen LogP contribution in [0.3, 0.4) is 0 Å². The van der Waals surface area contributed by atoms with E-state index in [0.29, 0.717) is 26.0 Å². The number of methoxy groups -OCH3 is 1. The molecule has 0 saturated heterocycles. The molecule has 0 aromatic rings. The fourth-order valence-electron chi connectivity index (χ4n) is 1.99. The zero-order valence-electron chi connectivity index (χ0n) is 10.7. The van der Waals surface area contributed by atoms with Crippen LogP contribution >= 0.6 is 0 Å². The molecule has 0 fully saturated rings. The summed E-state index contributed by atoms with van der Waals surface area (Å²) < 4.78 is 4.95. The fraction of sp³-hybridized carbons (Fsp3) is 0.917. The summed E-state index contributed by atoms with van der Waals surface area (Å²) in [5.41, 5.74) is -0.739. The van der Waals surface area contributed by atoms with E-state index in [4.69, 9.17) is 4.74 Å². The van der Waals surface area contributed by atoms with Crippen LogP contribution < -0.4 is 5.32 Å². The molecule has 0 saturated carbocycles. The number of carboxylic acid groups (broad SMARTS) is 1. The Hall–Kier alpha value is -0.610. The molecule has 4 nitrogen and oxygen atoms in total. The monoisotopic (exact) mass is 231 g/mol. The number of carboxylic acids is 1. The molecule has 0 aliphatic heterocycles. The second-order valence-corrected chi connectivity index (χ2v) is 4.16. The summed E-state index contributed by atoms with van der Waals surface area (Å²) in [5.74, 6) is -0.728. The van der Waals surface area contributed by atoms with Crippen molar-refractivity contribution < 1.29 is 14.6 Å². The van der Waals surface area contributed by atoms with Crippen molar-refractivity contribution in [2.45, 2.75) is 51.5 Å². The van der Waals surface area contributed by atoms with Crippen molar-refractivity contribution in [3.63, 3.8) is 0 Å². The molecule has 0 atom stereocenters. The van der Waals surface area contributed by atoms with Gasteiger partial charge < -0.3 is 15.2 Å². The molecule has 0 aromatic heterocycles. The van der Waals surface area contributed by atoms with Gasteiger partial charge in [-0.05, 0) is 25.8 Å². The standard InChI is InChI=1S/C12H25NO3/c1-4-7-12(8-5-2,11(14)15)13-9-6-10-16-3/h13H,4-10H2,1-3H3,(H,14,15). The average Bonchev–Trinajstić information content (AvgIpc) is 2.24. The third kappa shape index (κ3) is 4.94. The van der Waals surface area contributed by atoms with E-state index in [1.807, 2.05) is 13.8 Å². The van der Waals surface area contributed by atoms with Gasteiger partial charge in [-0.2, -0.15) is 0 Å². The molecule has 16 heavy (non-hydrogen) atoms. The first-order chi connectivity index (χ1) is 7.63. The molecular weight excluding hydrogens is 206 g/mol. The molecule has 4 heteroatoms. The predicted molar refractivity (Wildman–Crippen MR) is 64.7 cm³/mol. The maximum Gasteiger partial charge on any atom is 0.323 e. The van der Waals surface area contributed by atoms with Crippen molar-refractivity contribution in [2.24, 2.45) is 0 Å². The van der Waals surface area contributed by atoms with Crippen molar-refractivity contribution in [3.8, 4) is 0 Å². The summed E-state index contributed by atoms with van der Waals surface area (Å²) in [6.45, 7) is 5.40. The number of aliphatic carboxylic acids is 1. The Bertz CT molecular complexity index is 189. The van der Waals surface area contributed by atoms with E-state index >= 15 is 0 Å². The number of rotatable bonds is 10. The minimum absolute atomic E-state index is 0.668. The Labute approximate surface area is 98.4 Å². The maximum atomic E-state index is 11.4. The highest BCUT2D eigenvalue weighted by molar-refractivity contribution is 5.78. The quantitative estimate of drug-likeness (QED) is 0.565. The minimum Gasteiger partial charge on any atom is -0.480 e. The minimum atomic E-state index is -0.739. The zero-order chi connectivity index (χ0) is 12.4. The molecule has 0 bridgehead atoms. The van der Waals surface area contributed by atoms with E-state index in [9.17, 15) is 9.90 Å². The normalized spacial score (nSPS) is 11.7. The van der Waals surface area contributed by atoms with Crippen molar-refractivity contribution in [1.29, 1.82) is 0 Å². The van der Waals surface area contributed by atoms with Gasteiger partial charge in [0.1, 0.15) is 5.54 Å². The van der Waals surface area contributed by atoms with Gasteiger partial charge in [-0.3, -0.25) is 4.79 Å². The van der Waals surface area contributed by atoms with Gasteiger partial charge in [-0.1, -0.05) is 26.7 Å². The third-order valence-electron chi connectivity index (χ3n) is 2.75. The van der Waals surface area contributed by atoms with Gasteiger partial charge >= 0.3 is 5.97 Å². The maximum absolute atomic E-state index is 11.4. The lowest BCUT2D eigenvalue weighted by atomic mass is 9.88. The summed E-state index contributed by atoms with van der Waals surface area (Å²) in [6.07, 6.45) is 3.97. The SMILES string of the molecule is CCCC(CCC)(NCCCOC)C(=O)O. The van der Waals surface area contributed by atoms with E-state index in [1.165, 1.54) is 0 Å². The zero-order valence-corrected chi connectivity index (χ0v) is 10.7. The van der Waals surface area contributed by atoms with Crippen LogP contribution in [0.5, 0.6) is 0 Å². The summed E-state index contributed by atoms with van der Waals surface area (Å²) in [7, 11) is 1.66. The Balaban J connectivity index is 4.30. The molecule has 0 rings (SSSR count). The van der Waals surface area contributed by atoms with E-state index in [2.05, 4.69) is 5.32 Å². The van der Waals surface area contributed by atoms with Crippen LogP contribution in [0.1, 0.15) is 46.0 Å². The second-order valence-electron chi connectivity index (χ2n) is 4.16. The molecule has 0 heterocycles. The van der Waals surface area contributed by atoms with Gasteiger partial charge in [0.25, 0.3) is 0 Å². The van der Waals surface area contributed by atoms with Crippen LogP contribution in [-0.2, 0) is 9.53 Å². The molecule has 0 unspecified atom stereocenters. The highest BCUT2D eigenvalue weighted by Crippen LogP contribution is 2.20. The second kappa shape index (κ2) is 8.53. The van der Waals surface area contributed by atoms with Gasteiger partial charge in [0.05, 0.1) is 0 Å². The Morgan fingerprint density at radius 2 is 1.88 bits per heavy atom. The highest BCUT2D eigenvalue weighted by atomic mass is 16.5. The number of hydrogen-bond acceptors (Lipinski definition) is 3. The Kier molecular flexibility index (Phi) is 8.21. The van der Waals surface area contributed by atoms with E-state index in [0.717, 1.165) is 19.3 Å². The molecule has 0 radical (unpaired) electrons. The van der Waals surface area contributed by atoms with Crippen molar-refractivity contribution in [3.05, 3.63) is 0 Å². The van der Waals surface area contributed by atoms with Crippen molar-refractivity contribution in [1.82, 2.24) is 5.32 Å². The first kappa shape index (κ1) is 15.4. The molecule has 0 aromatic carbocycles. The van der Waals surface area contributed by atoms with Crippen LogP contribution in [0.25, 0.3) is 0 Å². The topological polar surface area (TPSA) is 58.6 Å². The summed E-state index contributed by atoms with van der Waals surface area (Å²) >= 11 is 0. The summed E-state index contributed by atoms with van der Waals surface area (Å²) in [5, 5.41) is 12.5. The van der Waals surface area contributed by atoms with Crippen LogP contribution in [0.2, 0.25) is 0 Å². The van der Waals surface area contributed by atoms with Gasteiger partial charge in [0.2, 0.25) is 0 Å². The molecule has 0 aliphatic rings. The molecular formula is C12H25NO3. The highest BCUT2D eigenvalue weighted by Gasteiger charge is 2.35. The fourth-order valence-corrected chi connectivity index (χ4v) is 1.99. The third-order valence-corrected chi connectivity index (χ3v) is 2.75. The predicted octanol–water partition coefficient (Wildman–Crippen LogP) is 2.04. The van der Waals surface area contributed by atoms with Crippen LogP contribution in [-0.4, -0.2) is 36.9 Å². The van der Waals surface area contributed by atoms with Gasteiger partial charge in [-0.15, -0.1) is 0 Å². The number of carbonyl (C=O) groups is 1. The van der Waals surface area contributed by atoms with Gasteiger partial charge in [0, 0.05) is 13.7 Å². The van der Waals surface area contributed by atoms with Crippen molar-refractivity contribution >= 4 is 5.97 Å². The van der Waals surface area contributed by atoms with Gasteiger partial charge in [-0.25, -0.2) is 0 Å². The number of hydrogen-bond donors (Lipinski definition) is 2. The molecule has 0 amide bonds. The molecule has 0 aliphatic carbocycles. The smallest absolute Gasteiger partial charge is 0.323 e. The lowest BCUT2D eigenvalue weighted by Crippen LogP contribution is -2.52. The Morgan fingerprint density at radius 1 is 1.31 bits per heavy atom. The molecule has 2 N–H and O–H groups in total. The number of nitrogens with one attached hydrogen (secondary N) is 1. The summed E-state index contributed by atoms with van der Waals surface area (Å²) in [6, 6.07) is 0.